The van der Waals surface area contributed by atoms with Gasteiger partial charge in [0, 0.05) is 19.5 Å². The molecule has 0 spiro atoms. The Balaban J connectivity index is 4.11. The summed E-state index contributed by atoms with van der Waals surface area (Å²) in [6.07, 6.45) is 0.167. The van der Waals surface area contributed by atoms with E-state index in [-0.39, 0.29) is 18.2 Å². The molecule has 5 nitrogen and oxygen atoms in total. The van der Waals surface area contributed by atoms with Gasteiger partial charge in [-0.1, -0.05) is 0 Å². The first kappa shape index (κ1) is 15.9. The molecule has 0 bridgehead atoms. The molecule has 5 heteroatoms. The van der Waals surface area contributed by atoms with Gasteiger partial charge in [-0.15, -0.1) is 0 Å². The highest BCUT2D eigenvalue weighted by Gasteiger charge is 2.19. The molecule has 0 aromatic rings. The maximum absolute atomic E-state index is 11.8. The number of likely N-dealkylation sites (N-methyl/N-ethyl adjacent to an activating group) is 1. The summed E-state index contributed by atoms with van der Waals surface area (Å²) in [5.41, 5.74) is 0. The zero-order valence-corrected chi connectivity index (χ0v) is 11.2. The molecule has 0 aromatic heterocycles. The van der Waals surface area contributed by atoms with Crippen LogP contribution in [0.5, 0.6) is 0 Å². The minimum atomic E-state index is -0.503. The van der Waals surface area contributed by atoms with Crippen LogP contribution in [0.1, 0.15) is 40.5 Å². The topological polar surface area (TPSA) is 69.6 Å². The largest absolute Gasteiger partial charge is 0.393 e. The maximum atomic E-state index is 11.8. The van der Waals surface area contributed by atoms with Crippen molar-refractivity contribution in [1.82, 2.24) is 10.2 Å². The summed E-state index contributed by atoms with van der Waals surface area (Å²) in [6.45, 7) is 8.41. The summed E-state index contributed by atoms with van der Waals surface area (Å²) in [5.74, 6) is -0.265. The van der Waals surface area contributed by atoms with E-state index in [2.05, 4.69) is 5.32 Å². The van der Waals surface area contributed by atoms with Crippen LogP contribution >= 0.6 is 0 Å². The molecular weight excluding hydrogens is 220 g/mol. The summed E-state index contributed by atoms with van der Waals surface area (Å²) in [7, 11) is 0. The molecule has 0 saturated heterocycles. The predicted molar refractivity (Wildman–Crippen MR) is 66.4 cm³/mol. The molecule has 0 aliphatic rings. The minimum Gasteiger partial charge on any atom is -0.393 e. The zero-order chi connectivity index (χ0) is 13.4. The molecule has 2 N–H and O–H groups in total. The summed E-state index contributed by atoms with van der Waals surface area (Å²) < 4.78 is 0. The highest BCUT2D eigenvalue weighted by molar-refractivity contribution is 5.87. The average Bonchev–Trinajstić information content (AvgIpc) is 2.27. The van der Waals surface area contributed by atoms with E-state index in [9.17, 15) is 9.59 Å². The molecular formula is C12H24N2O3. The molecule has 0 saturated carbocycles. The van der Waals surface area contributed by atoms with Crippen LogP contribution in [0.2, 0.25) is 0 Å². The van der Waals surface area contributed by atoms with Crippen molar-refractivity contribution >= 4 is 11.8 Å². The van der Waals surface area contributed by atoms with Gasteiger partial charge < -0.3 is 15.3 Å². The smallest absolute Gasteiger partial charge is 0.244 e. The molecule has 2 amide bonds. The Bertz CT molecular complexity index is 250. The molecule has 0 heterocycles. The second kappa shape index (κ2) is 8.06. The van der Waals surface area contributed by atoms with E-state index in [0.29, 0.717) is 19.5 Å². The van der Waals surface area contributed by atoms with E-state index < -0.39 is 12.1 Å². The number of aliphatic hydroxyl groups is 1. The summed E-state index contributed by atoms with van der Waals surface area (Å²) in [6, 6.07) is -0.503. The van der Waals surface area contributed by atoms with Gasteiger partial charge in [-0.2, -0.15) is 0 Å². The van der Waals surface area contributed by atoms with Gasteiger partial charge in [-0.25, -0.2) is 0 Å². The third kappa shape index (κ3) is 6.26. The van der Waals surface area contributed by atoms with Gasteiger partial charge in [0.25, 0.3) is 0 Å². The Morgan fingerprint density at radius 2 is 1.76 bits per heavy atom. The number of nitrogens with zero attached hydrogens (tertiary/aromatic N) is 1. The number of nitrogens with one attached hydrogen (secondary N) is 1. The van der Waals surface area contributed by atoms with Gasteiger partial charge in [-0.05, 0) is 34.1 Å². The van der Waals surface area contributed by atoms with Crippen LogP contribution < -0.4 is 5.32 Å². The lowest BCUT2D eigenvalue weighted by atomic mass is 10.2. The van der Waals surface area contributed by atoms with E-state index in [1.807, 2.05) is 13.8 Å². The summed E-state index contributed by atoms with van der Waals surface area (Å²) in [4.78, 5) is 25.0. The number of rotatable bonds is 7. The molecule has 0 radical (unpaired) electrons. The highest BCUT2D eigenvalue weighted by Crippen LogP contribution is 1.98. The molecule has 100 valence electrons. The van der Waals surface area contributed by atoms with E-state index in [1.165, 1.54) is 0 Å². The van der Waals surface area contributed by atoms with Crippen molar-refractivity contribution < 1.29 is 14.7 Å². The van der Waals surface area contributed by atoms with Crippen molar-refractivity contribution in [1.29, 1.82) is 0 Å². The zero-order valence-electron chi connectivity index (χ0n) is 11.2. The average molecular weight is 244 g/mol. The van der Waals surface area contributed by atoms with Gasteiger partial charge in [0.1, 0.15) is 6.04 Å². The summed E-state index contributed by atoms with van der Waals surface area (Å²) in [5, 5.41) is 11.7. The minimum absolute atomic E-state index is 0.0691. The predicted octanol–water partition coefficient (Wildman–Crippen LogP) is 0.520. The normalized spacial score (nSPS) is 13.9. The van der Waals surface area contributed by atoms with E-state index in [4.69, 9.17) is 5.11 Å². The third-order valence-corrected chi connectivity index (χ3v) is 2.61. The lowest BCUT2D eigenvalue weighted by molar-refractivity contribution is -0.135. The Morgan fingerprint density at radius 3 is 2.18 bits per heavy atom. The number of carbonyl (C=O) groups is 2. The van der Waals surface area contributed by atoms with E-state index in [1.54, 1.807) is 18.7 Å². The maximum Gasteiger partial charge on any atom is 0.244 e. The molecule has 2 unspecified atom stereocenters. The van der Waals surface area contributed by atoms with Gasteiger partial charge >= 0.3 is 0 Å². The molecule has 0 rings (SSSR count). The molecule has 0 aromatic carbocycles. The Kier molecular flexibility index (Phi) is 7.54. The molecule has 0 fully saturated rings. The second-order valence-corrected chi connectivity index (χ2v) is 4.19. The molecule has 0 aliphatic carbocycles. The fourth-order valence-electron chi connectivity index (χ4n) is 1.52. The van der Waals surface area contributed by atoms with Crippen LogP contribution in [0.15, 0.2) is 0 Å². The second-order valence-electron chi connectivity index (χ2n) is 4.19. The van der Waals surface area contributed by atoms with Crippen LogP contribution in [-0.4, -0.2) is 47.1 Å². The van der Waals surface area contributed by atoms with Crippen LogP contribution in [0.3, 0.4) is 0 Å². The fraction of sp³-hybridized carbons (Fsp3) is 0.833. The number of hydrogen-bond donors (Lipinski definition) is 2. The molecule has 2 atom stereocenters. The third-order valence-electron chi connectivity index (χ3n) is 2.61. The van der Waals surface area contributed by atoms with E-state index in [0.717, 1.165) is 0 Å². The lowest BCUT2D eigenvalue weighted by Crippen LogP contribution is -2.46. The number of aliphatic hydroxyl groups excluding tert-OH is 1. The first-order valence-electron chi connectivity index (χ1n) is 6.18. The van der Waals surface area contributed by atoms with Crippen LogP contribution in [0.25, 0.3) is 0 Å². The lowest BCUT2D eigenvalue weighted by Gasteiger charge is -2.23. The van der Waals surface area contributed by atoms with Crippen molar-refractivity contribution in [3.63, 3.8) is 0 Å². The Morgan fingerprint density at radius 1 is 1.24 bits per heavy atom. The standard InChI is InChI=1S/C12H24N2O3/c1-5-14(6-2)12(17)10(4)13-11(16)8-7-9(3)15/h9-10,15H,5-8H2,1-4H3,(H,13,16). The fourth-order valence-corrected chi connectivity index (χ4v) is 1.52. The SMILES string of the molecule is CCN(CC)C(=O)C(C)NC(=O)CCC(C)O. The first-order valence-corrected chi connectivity index (χ1v) is 6.18. The number of hydrogen-bond acceptors (Lipinski definition) is 3. The van der Waals surface area contributed by atoms with Gasteiger partial charge in [0.2, 0.25) is 11.8 Å². The van der Waals surface area contributed by atoms with Crippen molar-refractivity contribution in [2.24, 2.45) is 0 Å². The first-order chi connectivity index (χ1) is 7.92. The van der Waals surface area contributed by atoms with Crippen molar-refractivity contribution in [2.75, 3.05) is 13.1 Å². The monoisotopic (exact) mass is 244 g/mol. The van der Waals surface area contributed by atoms with Crippen LogP contribution in [0, 0.1) is 0 Å². The van der Waals surface area contributed by atoms with Gasteiger partial charge in [0.15, 0.2) is 0 Å². The van der Waals surface area contributed by atoms with Crippen molar-refractivity contribution in [3.8, 4) is 0 Å². The van der Waals surface area contributed by atoms with E-state index >= 15 is 0 Å². The highest BCUT2D eigenvalue weighted by atomic mass is 16.3. The van der Waals surface area contributed by atoms with Crippen molar-refractivity contribution in [2.45, 2.75) is 52.7 Å². The van der Waals surface area contributed by atoms with Crippen molar-refractivity contribution in [3.05, 3.63) is 0 Å². The quantitative estimate of drug-likeness (QED) is 0.686. The number of amides is 2. The van der Waals surface area contributed by atoms with Gasteiger partial charge in [0.05, 0.1) is 6.10 Å². The molecule has 0 aliphatic heterocycles. The summed E-state index contributed by atoms with van der Waals surface area (Å²) >= 11 is 0. The number of carbonyl (C=O) groups excluding carboxylic acids is 2. The Labute approximate surface area is 103 Å². The van der Waals surface area contributed by atoms with Crippen LogP contribution in [-0.2, 0) is 9.59 Å². The van der Waals surface area contributed by atoms with Crippen LogP contribution in [0.4, 0.5) is 0 Å². The van der Waals surface area contributed by atoms with Gasteiger partial charge in [-0.3, -0.25) is 9.59 Å². The molecule has 17 heavy (non-hydrogen) atoms. The Hall–Kier alpha value is -1.10.